The molecule has 2 rings (SSSR count). The Labute approximate surface area is 121 Å². The standard InChI is InChI=1S/C14H17F3O3S/c15-14(16,17)11-6-2-4-8-13(11)21(19,20)12-7-3-1-5-10(12)9-18/h2,4,6,8,10,12,18H,1,3,5,7,9H2. The van der Waals surface area contributed by atoms with Crippen molar-refractivity contribution in [1.29, 1.82) is 0 Å². The van der Waals surface area contributed by atoms with Crippen LogP contribution in [0.4, 0.5) is 13.2 Å². The number of rotatable bonds is 3. The van der Waals surface area contributed by atoms with E-state index in [1.165, 1.54) is 12.1 Å². The van der Waals surface area contributed by atoms with Gasteiger partial charge in [0.05, 0.1) is 15.7 Å². The van der Waals surface area contributed by atoms with E-state index < -0.39 is 37.6 Å². The minimum Gasteiger partial charge on any atom is -0.396 e. The summed E-state index contributed by atoms with van der Waals surface area (Å²) in [5.74, 6) is -0.495. The zero-order valence-corrected chi connectivity index (χ0v) is 12.1. The van der Waals surface area contributed by atoms with Gasteiger partial charge in [0, 0.05) is 6.61 Å². The van der Waals surface area contributed by atoms with Gasteiger partial charge in [0.25, 0.3) is 0 Å². The predicted octanol–water partition coefficient (Wildman–Crippen LogP) is 3.03. The Hall–Kier alpha value is -1.08. The van der Waals surface area contributed by atoms with Crippen molar-refractivity contribution in [1.82, 2.24) is 0 Å². The fourth-order valence-electron chi connectivity index (χ4n) is 2.90. The average molecular weight is 322 g/mol. The van der Waals surface area contributed by atoms with E-state index in [9.17, 15) is 26.7 Å². The van der Waals surface area contributed by atoms with Crippen LogP contribution in [0.25, 0.3) is 0 Å². The maximum atomic E-state index is 13.0. The molecule has 1 aromatic carbocycles. The monoisotopic (exact) mass is 322 g/mol. The molecule has 0 bridgehead atoms. The number of aliphatic hydroxyl groups excluding tert-OH is 1. The molecule has 1 N–H and O–H groups in total. The first-order valence-corrected chi connectivity index (χ1v) is 8.34. The van der Waals surface area contributed by atoms with Crippen LogP contribution in [-0.2, 0) is 16.0 Å². The molecule has 118 valence electrons. The summed E-state index contributed by atoms with van der Waals surface area (Å²) in [7, 11) is -4.12. The number of benzene rings is 1. The smallest absolute Gasteiger partial charge is 0.396 e. The lowest BCUT2D eigenvalue weighted by molar-refractivity contribution is -0.139. The van der Waals surface area contributed by atoms with Crippen LogP contribution in [0.15, 0.2) is 29.2 Å². The Morgan fingerprint density at radius 2 is 1.76 bits per heavy atom. The molecule has 1 saturated carbocycles. The Morgan fingerprint density at radius 3 is 2.38 bits per heavy atom. The predicted molar refractivity (Wildman–Crippen MR) is 71.5 cm³/mol. The summed E-state index contributed by atoms with van der Waals surface area (Å²) >= 11 is 0. The first-order chi connectivity index (χ1) is 9.78. The van der Waals surface area contributed by atoms with Gasteiger partial charge in [-0.05, 0) is 30.9 Å². The Kier molecular flexibility index (Phi) is 4.63. The summed E-state index contributed by atoms with van der Waals surface area (Å²) in [6.07, 6.45) is -2.46. The highest BCUT2D eigenvalue weighted by molar-refractivity contribution is 7.92. The van der Waals surface area contributed by atoms with Crippen LogP contribution in [-0.4, -0.2) is 25.4 Å². The van der Waals surface area contributed by atoms with Crippen molar-refractivity contribution in [3.63, 3.8) is 0 Å². The molecule has 2 atom stereocenters. The second-order valence-corrected chi connectivity index (χ2v) is 7.44. The van der Waals surface area contributed by atoms with Crippen molar-refractivity contribution >= 4 is 9.84 Å². The number of aliphatic hydroxyl groups is 1. The van der Waals surface area contributed by atoms with E-state index in [1.54, 1.807) is 0 Å². The van der Waals surface area contributed by atoms with Crippen LogP contribution in [0, 0.1) is 5.92 Å². The molecule has 3 nitrogen and oxygen atoms in total. The van der Waals surface area contributed by atoms with Gasteiger partial charge in [-0.15, -0.1) is 0 Å². The maximum absolute atomic E-state index is 13.0. The quantitative estimate of drug-likeness (QED) is 0.930. The molecule has 0 saturated heterocycles. The van der Waals surface area contributed by atoms with Crippen molar-refractivity contribution < 1.29 is 26.7 Å². The van der Waals surface area contributed by atoms with E-state index >= 15 is 0 Å². The molecule has 1 aliphatic carbocycles. The Morgan fingerprint density at radius 1 is 1.14 bits per heavy atom. The molecule has 2 unspecified atom stereocenters. The van der Waals surface area contributed by atoms with E-state index in [0.29, 0.717) is 19.3 Å². The largest absolute Gasteiger partial charge is 0.417 e. The summed E-state index contributed by atoms with van der Waals surface area (Å²) in [6, 6.07) is 4.25. The van der Waals surface area contributed by atoms with Crippen LogP contribution < -0.4 is 0 Å². The Bertz CT molecular complexity index is 596. The number of alkyl halides is 3. The lowest BCUT2D eigenvalue weighted by Crippen LogP contribution is -2.35. The molecule has 0 heterocycles. The summed E-state index contributed by atoms with van der Waals surface area (Å²) in [6.45, 7) is -0.321. The molecular weight excluding hydrogens is 305 g/mol. The zero-order valence-electron chi connectivity index (χ0n) is 11.3. The minimum absolute atomic E-state index is 0.291. The highest BCUT2D eigenvalue weighted by atomic mass is 32.2. The molecule has 0 radical (unpaired) electrons. The molecule has 1 aliphatic rings. The third-order valence-corrected chi connectivity index (χ3v) is 6.36. The molecule has 1 aromatic rings. The number of hydrogen-bond acceptors (Lipinski definition) is 3. The van der Waals surface area contributed by atoms with Crippen molar-refractivity contribution in [2.45, 2.75) is 42.0 Å². The normalized spacial score (nSPS) is 24.0. The van der Waals surface area contributed by atoms with Crippen LogP contribution >= 0.6 is 0 Å². The van der Waals surface area contributed by atoms with Crippen molar-refractivity contribution in [3.05, 3.63) is 29.8 Å². The lowest BCUT2D eigenvalue weighted by atomic mass is 9.89. The molecule has 1 fully saturated rings. The highest BCUT2D eigenvalue weighted by Crippen LogP contribution is 2.39. The molecule has 0 spiro atoms. The zero-order chi connectivity index (χ0) is 15.7. The Balaban J connectivity index is 2.49. The first kappa shape index (κ1) is 16.3. The van der Waals surface area contributed by atoms with Gasteiger partial charge in [0.15, 0.2) is 9.84 Å². The van der Waals surface area contributed by atoms with Gasteiger partial charge in [-0.1, -0.05) is 25.0 Å². The SMILES string of the molecule is O=S(=O)(c1ccccc1C(F)(F)F)C1CCCCC1CO. The summed E-state index contributed by atoms with van der Waals surface area (Å²) < 4.78 is 64.3. The number of halogens is 3. The van der Waals surface area contributed by atoms with E-state index in [1.807, 2.05) is 0 Å². The highest BCUT2D eigenvalue weighted by Gasteiger charge is 2.42. The topological polar surface area (TPSA) is 54.4 Å². The van der Waals surface area contributed by atoms with Gasteiger partial charge in [0.2, 0.25) is 0 Å². The van der Waals surface area contributed by atoms with Gasteiger partial charge < -0.3 is 5.11 Å². The van der Waals surface area contributed by atoms with Crippen molar-refractivity contribution in [2.75, 3.05) is 6.61 Å². The van der Waals surface area contributed by atoms with Gasteiger partial charge in [0.1, 0.15) is 0 Å². The van der Waals surface area contributed by atoms with E-state index in [4.69, 9.17) is 0 Å². The van der Waals surface area contributed by atoms with Crippen molar-refractivity contribution in [3.8, 4) is 0 Å². The number of hydrogen-bond donors (Lipinski definition) is 1. The van der Waals surface area contributed by atoms with Gasteiger partial charge >= 0.3 is 6.18 Å². The fraction of sp³-hybridized carbons (Fsp3) is 0.571. The summed E-state index contributed by atoms with van der Waals surface area (Å²) in [4.78, 5) is -0.678. The molecule has 0 amide bonds. The minimum atomic E-state index is -4.72. The maximum Gasteiger partial charge on any atom is 0.417 e. The molecule has 0 aromatic heterocycles. The summed E-state index contributed by atoms with van der Waals surface area (Å²) in [5.41, 5.74) is -1.13. The van der Waals surface area contributed by atoms with E-state index in [-0.39, 0.29) is 6.61 Å². The van der Waals surface area contributed by atoms with Gasteiger partial charge in [-0.2, -0.15) is 13.2 Å². The van der Waals surface area contributed by atoms with Crippen LogP contribution in [0.3, 0.4) is 0 Å². The first-order valence-electron chi connectivity index (χ1n) is 6.79. The van der Waals surface area contributed by atoms with E-state index in [0.717, 1.165) is 18.6 Å². The second-order valence-electron chi connectivity index (χ2n) is 5.30. The molecule has 21 heavy (non-hydrogen) atoms. The van der Waals surface area contributed by atoms with Gasteiger partial charge in [-0.25, -0.2) is 8.42 Å². The fourth-order valence-corrected chi connectivity index (χ4v) is 5.19. The third-order valence-electron chi connectivity index (χ3n) is 3.97. The van der Waals surface area contributed by atoms with E-state index in [2.05, 4.69) is 0 Å². The molecular formula is C14H17F3O3S. The van der Waals surface area contributed by atoms with Crippen LogP contribution in [0.2, 0.25) is 0 Å². The second kappa shape index (κ2) is 5.96. The van der Waals surface area contributed by atoms with Crippen LogP contribution in [0.5, 0.6) is 0 Å². The van der Waals surface area contributed by atoms with Crippen LogP contribution in [0.1, 0.15) is 31.2 Å². The lowest BCUT2D eigenvalue weighted by Gasteiger charge is -2.30. The van der Waals surface area contributed by atoms with Gasteiger partial charge in [-0.3, -0.25) is 0 Å². The van der Waals surface area contributed by atoms with Crippen molar-refractivity contribution in [2.24, 2.45) is 5.92 Å². The third kappa shape index (κ3) is 3.23. The molecule has 7 heteroatoms. The average Bonchev–Trinajstić information content (AvgIpc) is 2.46. The molecule has 0 aliphatic heterocycles. The number of sulfone groups is 1. The summed E-state index contributed by atoms with van der Waals surface area (Å²) in [5, 5.41) is 8.37.